The van der Waals surface area contributed by atoms with Crippen molar-refractivity contribution in [3.63, 3.8) is 0 Å². The first-order valence-electron chi connectivity index (χ1n) is 7.41. The standard InChI is InChI=1S/C19H15NO4/c1-24-19(23)14(11-13-7-3-2-4-8-13)12-20-17(21)15-9-5-6-10-16(15)18(20)22/h2-11H,12H2,1H3/b14-11+. The van der Waals surface area contributed by atoms with E-state index < -0.39 is 17.8 Å². The number of fused-ring (bicyclic) bond motifs is 1. The molecule has 0 radical (unpaired) electrons. The van der Waals surface area contributed by atoms with Crippen LogP contribution in [0.3, 0.4) is 0 Å². The van der Waals surface area contributed by atoms with Gasteiger partial charge in [-0.05, 0) is 23.8 Å². The van der Waals surface area contributed by atoms with Gasteiger partial charge in [0.1, 0.15) is 0 Å². The molecule has 0 fully saturated rings. The van der Waals surface area contributed by atoms with E-state index in [1.54, 1.807) is 30.3 Å². The van der Waals surface area contributed by atoms with Crippen molar-refractivity contribution in [3.05, 3.63) is 76.9 Å². The smallest absolute Gasteiger partial charge is 0.335 e. The van der Waals surface area contributed by atoms with E-state index in [0.717, 1.165) is 10.5 Å². The van der Waals surface area contributed by atoms with E-state index in [-0.39, 0.29) is 12.1 Å². The molecule has 0 N–H and O–H groups in total. The first-order valence-corrected chi connectivity index (χ1v) is 7.41. The fraction of sp³-hybridized carbons (Fsp3) is 0.105. The number of carbonyl (C=O) groups excluding carboxylic acids is 3. The number of hydrogen-bond donors (Lipinski definition) is 0. The van der Waals surface area contributed by atoms with Crippen molar-refractivity contribution in [2.45, 2.75) is 0 Å². The monoisotopic (exact) mass is 321 g/mol. The lowest BCUT2D eigenvalue weighted by atomic mass is 10.1. The molecule has 2 amide bonds. The summed E-state index contributed by atoms with van der Waals surface area (Å²) in [5, 5.41) is 0. The lowest BCUT2D eigenvalue weighted by molar-refractivity contribution is -0.136. The quantitative estimate of drug-likeness (QED) is 0.493. The average molecular weight is 321 g/mol. The highest BCUT2D eigenvalue weighted by molar-refractivity contribution is 6.21. The largest absolute Gasteiger partial charge is 0.466 e. The van der Waals surface area contributed by atoms with Crippen LogP contribution in [-0.2, 0) is 9.53 Å². The summed E-state index contributed by atoms with van der Waals surface area (Å²) in [7, 11) is 1.27. The second kappa shape index (κ2) is 6.50. The lowest BCUT2D eigenvalue weighted by Crippen LogP contribution is -2.33. The van der Waals surface area contributed by atoms with Crippen molar-refractivity contribution in [2.75, 3.05) is 13.7 Å². The van der Waals surface area contributed by atoms with E-state index in [1.165, 1.54) is 7.11 Å². The molecule has 5 heteroatoms. The molecular formula is C19H15NO4. The first-order chi connectivity index (χ1) is 11.6. The Kier molecular flexibility index (Phi) is 4.24. The van der Waals surface area contributed by atoms with Gasteiger partial charge in [-0.25, -0.2) is 4.79 Å². The Balaban J connectivity index is 1.92. The highest BCUT2D eigenvalue weighted by Crippen LogP contribution is 2.24. The molecule has 24 heavy (non-hydrogen) atoms. The molecule has 1 aliphatic rings. The molecule has 0 unspecified atom stereocenters. The van der Waals surface area contributed by atoms with Crippen molar-refractivity contribution in [2.24, 2.45) is 0 Å². The Morgan fingerprint density at radius 3 is 2.04 bits per heavy atom. The number of methoxy groups -OCH3 is 1. The summed E-state index contributed by atoms with van der Waals surface area (Å²) in [6.45, 7) is -0.131. The van der Waals surface area contributed by atoms with Crippen LogP contribution in [0.5, 0.6) is 0 Å². The maximum Gasteiger partial charge on any atom is 0.335 e. The summed E-state index contributed by atoms with van der Waals surface area (Å²) in [6, 6.07) is 15.8. The van der Waals surface area contributed by atoms with Crippen LogP contribution >= 0.6 is 0 Å². The molecule has 1 heterocycles. The van der Waals surface area contributed by atoms with Crippen LogP contribution in [0.1, 0.15) is 26.3 Å². The number of nitrogens with zero attached hydrogens (tertiary/aromatic N) is 1. The van der Waals surface area contributed by atoms with E-state index >= 15 is 0 Å². The van der Waals surface area contributed by atoms with Gasteiger partial charge >= 0.3 is 5.97 Å². The molecule has 0 atom stereocenters. The van der Waals surface area contributed by atoms with Gasteiger partial charge in [-0.2, -0.15) is 0 Å². The van der Waals surface area contributed by atoms with E-state index in [9.17, 15) is 14.4 Å². The summed E-state index contributed by atoms with van der Waals surface area (Å²) >= 11 is 0. The van der Waals surface area contributed by atoms with Gasteiger partial charge in [-0.1, -0.05) is 42.5 Å². The summed E-state index contributed by atoms with van der Waals surface area (Å²) in [5.41, 5.74) is 1.73. The Labute approximate surface area is 139 Å². The Morgan fingerprint density at radius 2 is 1.50 bits per heavy atom. The van der Waals surface area contributed by atoms with Crippen LogP contribution < -0.4 is 0 Å². The van der Waals surface area contributed by atoms with Crippen LogP contribution in [0.4, 0.5) is 0 Å². The van der Waals surface area contributed by atoms with Gasteiger partial charge in [0.05, 0.1) is 30.4 Å². The van der Waals surface area contributed by atoms with Crippen LogP contribution in [0.15, 0.2) is 60.2 Å². The summed E-state index contributed by atoms with van der Waals surface area (Å²) in [4.78, 5) is 38.0. The minimum atomic E-state index is -0.574. The molecule has 0 spiro atoms. The maximum absolute atomic E-state index is 12.4. The Morgan fingerprint density at radius 1 is 0.958 bits per heavy atom. The van der Waals surface area contributed by atoms with E-state index in [0.29, 0.717) is 11.1 Å². The van der Waals surface area contributed by atoms with Gasteiger partial charge in [0.25, 0.3) is 11.8 Å². The third-order valence-electron chi connectivity index (χ3n) is 3.79. The van der Waals surface area contributed by atoms with Gasteiger partial charge in [0.2, 0.25) is 0 Å². The minimum Gasteiger partial charge on any atom is -0.466 e. The number of ether oxygens (including phenoxy) is 1. The molecular weight excluding hydrogens is 306 g/mol. The number of hydrogen-bond acceptors (Lipinski definition) is 4. The number of imide groups is 1. The fourth-order valence-corrected chi connectivity index (χ4v) is 2.60. The van der Waals surface area contributed by atoms with E-state index in [4.69, 9.17) is 4.74 Å². The number of benzene rings is 2. The average Bonchev–Trinajstić information content (AvgIpc) is 2.86. The zero-order valence-electron chi connectivity index (χ0n) is 13.1. The minimum absolute atomic E-state index is 0.131. The molecule has 0 saturated carbocycles. The molecule has 0 aromatic heterocycles. The fourth-order valence-electron chi connectivity index (χ4n) is 2.60. The number of esters is 1. The molecule has 0 bridgehead atoms. The summed E-state index contributed by atoms with van der Waals surface area (Å²) < 4.78 is 4.79. The lowest BCUT2D eigenvalue weighted by Gasteiger charge is -2.15. The molecule has 120 valence electrons. The zero-order chi connectivity index (χ0) is 17.1. The number of carbonyl (C=O) groups is 3. The molecule has 0 aliphatic carbocycles. The van der Waals surface area contributed by atoms with E-state index in [1.807, 2.05) is 30.3 Å². The Hall–Kier alpha value is -3.21. The topological polar surface area (TPSA) is 63.7 Å². The van der Waals surface area contributed by atoms with Crippen molar-refractivity contribution in [1.82, 2.24) is 4.90 Å². The van der Waals surface area contributed by atoms with Crippen LogP contribution in [0.2, 0.25) is 0 Å². The molecule has 0 saturated heterocycles. The summed E-state index contributed by atoms with van der Waals surface area (Å²) in [5.74, 6) is -1.38. The second-order valence-corrected chi connectivity index (χ2v) is 5.31. The highest BCUT2D eigenvalue weighted by atomic mass is 16.5. The van der Waals surface area contributed by atoms with Gasteiger partial charge < -0.3 is 4.74 Å². The molecule has 1 aliphatic heterocycles. The number of amides is 2. The van der Waals surface area contributed by atoms with Gasteiger partial charge in [0, 0.05) is 0 Å². The van der Waals surface area contributed by atoms with Crippen LogP contribution in [0.25, 0.3) is 6.08 Å². The van der Waals surface area contributed by atoms with E-state index in [2.05, 4.69) is 0 Å². The SMILES string of the molecule is COC(=O)/C(=C/c1ccccc1)CN1C(=O)c2ccccc2C1=O. The van der Waals surface area contributed by atoms with Crippen molar-refractivity contribution >= 4 is 23.9 Å². The first kappa shape index (κ1) is 15.7. The molecule has 2 aromatic rings. The third-order valence-corrected chi connectivity index (χ3v) is 3.79. The van der Waals surface area contributed by atoms with Gasteiger partial charge in [-0.15, -0.1) is 0 Å². The van der Waals surface area contributed by atoms with Gasteiger partial charge in [-0.3, -0.25) is 14.5 Å². The Bertz CT molecular complexity index is 804. The summed E-state index contributed by atoms with van der Waals surface area (Å²) in [6.07, 6.45) is 1.62. The predicted octanol–water partition coefficient (Wildman–Crippen LogP) is 2.54. The molecule has 3 rings (SSSR count). The van der Waals surface area contributed by atoms with Crippen molar-refractivity contribution < 1.29 is 19.1 Å². The van der Waals surface area contributed by atoms with Gasteiger partial charge in [0.15, 0.2) is 0 Å². The van der Waals surface area contributed by atoms with Crippen LogP contribution in [0, 0.1) is 0 Å². The van der Waals surface area contributed by atoms with Crippen molar-refractivity contribution in [3.8, 4) is 0 Å². The number of rotatable bonds is 4. The van der Waals surface area contributed by atoms with Crippen molar-refractivity contribution in [1.29, 1.82) is 0 Å². The predicted molar refractivity (Wildman–Crippen MR) is 88.2 cm³/mol. The zero-order valence-corrected chi connectivity index (χ0v) is 13.1. The molecule has 2 aromatic carbocycles. The second-order valence-electron chi connectivity index (χ2n) is 5.31. The van der Waals surface area contributed by atoms with Crippen LogP contribution in [-0.4, -0.2) is 36.3 Å². The maximum atomic E-state index is 12.4. The third kappa shape index (κ3) is 2.84. The highest BCUT2D eigenvalue weighted by Gasteiger charge is 2.36. The normalized spacial score (nSPS) is 13.9. The molecule has 5 nitrogen and oxygen atoms in total.